The van der Waals surface area contributed by atoms with Crippen LogP contribution in [-0.2, 0) is 0 Å². The van der Waals surface area contributed by atoms with E-state index in [9.17, 15) is 4.79 Å². The van der Waals surface area contributed by atoms with Crippen LogP contribution in [-0.4, -0.2) is 21.9 Å². The number of anilines is 1. The second-order valence-electron chi connectivity index (χ2n) is 3.38. The van der Waals surface area contributed by atoms with Crippen LogP contribution in [0, 0.1) is 3.57 Å². The number of halogens is 2. The van der Waals surface area contributed by atoms with Crippen LogP contribution < -0.4 is 5.32 Å². The molecule has 0 aliphatic rings. The van der Waals surface area contributed by atoms with Crippen LogP contribution in [0.25, 0.3) is 0 Å². The third-order valence-electron chi connectivity index (χ3n) is 2.07. The number of benzene rings is 1. The van der Waals surface area contributed by atoms with Crippen molar-refractivity contribution in [3.63, 3.8) is 0 Å². The van der Waals surface area contributed by atoms with Gasteiger partial charge in [0.05, 0.1) is 5.56 Å². The number of amides is 1. The first-order valence-corrected chi connectivity index (χ1v) is 8.58. The number of rotatable bonds is 4. The molecule has 1 heterocycles. The molecule has 0 bridgehead atoms. The SMILES string of the molecule is CCSc1nnc(NC(=O)c2ccc(Cl)cc2I)s1. The Morgan fingerprint density at radius 2 is 2.32 bits per heavy atom. The molecule has 0 saturated heterocycles. The van der Waals surface area contributed by atoms with Crippen molar-refractivity contribution in [3.8, 4) is 0 Å². The van der Waals surface area contributed by atoms with Gasteiger partial charge in [0.2, 0.25) is 5.13 Å². The molecule has 1 aromatic carbocycles. The maximum atomic E-state index is 12.1. The summed E-state index contributed by atoms with van der Waals surface area (Å²) >= 11 is 10.9. The van der Waals surface area contributed by atoms with E-state index < -0.39 is 0 Å². The Morgan fingerprint density at radius 3 is 3.00 bits per heavy atom. The van der Waals surface area contributed by atoms with Crippen LogP contribution >= 0.6 is 57.3 Å². The Labute approximate surface area is 137 Å². The van der Waals surface area contributed by atoms with Gasteiger partial charge in [-0.1, -0.05) is 41.6 Å². The highest BCUT2D eigenvalue weighted by Crippen LogP contribution is 2.26. The smallest absolute Gasteiger partial charge is 0.258 e. The Balaban J connectivity index is 2.11. The first-order chi connectivity index (χ1) is 9.10. The normalized spacial score (nSPS) is 10.5. The van der Waals surface area contributed by atoms with Gasteiger partial charge >= 0.3 is 0 Å². The van der Waals surface area contributed by atoms with Crippen molar-refractivity contribution < 1.29 is 4.79 Å². The van der Waals surface area contributed by atoms with Gasteiger partial charge < -0.3 is 0 Å². The average molecular weight is 426 g/mol. The van der Waals surface area contributed by atoms with Crippen molar-refractivity contribution in [1.82, 2.24) is 10.2 Å². The van der Waals surface area contributed by atoms with E-state index >= 15 is 0 Å². The van der Waals surface area contributed by atoms with Crippen molar-refractivity contribution in [1.29, 1.82) is 0 Å². The summed E-state index contributed by atoms with van der Waals surface area (Å²) in [5.74, 6) is 0.725. The van der Waals surface area contributed by atoms with E-state index in [0.717, 1.165) is 13.7 Å². The summed E-state index contributed by atoms with van der Waals surface area (Å²) in [7, 11) is 0. The number of hydrogen-bond acceptors (Lipinski definition) is 5. The summed E-state index contributed by atoms with van der Waals surface area (Å²) in [6.07, 6.45) is 0. The molecule has 2 aromatic rings. The van der Waals surface area contributed by atoms with E-state index in [1.54, 1.807) is 30.0 Å². The maximum Gasteiger partial charge on any atom is 0.258 e. The molecule has 0 fully saturated rings. The third kappa shape index (κ3) is 4.04. The lowest BCUT2D eigenvalue weighted by Gasteiger charge is -2.03. The van der Waals surface area contributed by atoms with E-state index in [0.29, 0.717) is 15.7 Å². The zero-order chi connectivity index (χ0) is 13.8. The van der Waals surface area contributed by atoms with Crippen molar-refractivity contribution in [2.45, 2.75) is 11.3 Å². The van der Waals surface area contributed by atoms with Gasteiger partial charge in [-0.3, -0.25) is 10.1 Å². The number of hydrogen-bond donors (Lipinski definition) is 1. The van der Waals surface area contributed by atoms with E-state index in [-0.39, 0.29) is 5.91 Å². The van der Waals surface area contributed by atoms with Gasteiger partial charge in [0.1, 0.15) is 0 Å². The lowest BCUT2D eigenvalue weighted by atomic mass is 10.2. The minimum atomic E-state index is -0.203. The molecule has 0 spiro atoms. The van der Waals surface area contributed by atoms with Crippen molar-refractivity contribution in [2.24, 2.45) is 0 Å². The Kier molecular flexibility index (Phi) is 5.43. The van der Waals surface area contributed by atoms with Crippen LogP contribution in [0.2, 0.25) is 5.02 Å². The zero-order valence-corrected chi connectivity index (χ0v) is 14.4. The van der Waals surface area contributed by atoms with Crippen LogP contribution in [0.3, 0.4) is 0 Å². The van der Waals surface area contributed by atoms with Crippen molar-refractivity contribution in [2.75, 3.05) is 11.1 Å². The Bertz CT molecular complexity index is 605. The quantitative estimate of drug-likeness (QED) is 0.454. The molecule has 0 aliphatic heterocycles. The van der Waals surface area contributed by atoms with Gasteiger partial charge in [-0.2, -0.15) is 0 Å². The number of aromatic nitrogens is 2. The Hall–Kier alpha value is -0.380. The van der Waals surface area contributed by atoms with Crippen LogP contribution in [0.5, 0.6) is 0 Å². The number of nitrogens with one attached hydrogen (secondary N) is 1. The van der Waals surface area contributed by atoms with E-state index in [4.69, 9.17) is 11.6 Å². The lowest BCUT2D eigenvalue weighted by Crippen LogP contribution is -2.13. The number of nitrogens with zero attached hydrogens (tertiary/aromatic N) is 2. The summed E-state index contributed by atoms with van der Waals surface area (Å²) in [6, 6.07) is 5.13. The number of carbonyl (C=O) groups excluding carboxylic acids is 1. The lowest BCUT2D eigenvalue weighted by molar-refractivity contribution is 0.102. The molecule has 0 aliphatic carbocycles. The fourth-order valence-corrected chi connectivity index (χ4v) is 4.04. The van der Waals surface area contributed by atoms with E-state index in [1.165, 1.54) is 11.3 Å². The molecular formula is C11H9ClIN3OS2. The molecule has 0 radical (unpaired) electrons. The zero-order valence-electron chi connectivity index (χ0n) is 9.81. The van der Waals surface area contributed by atoms with Gasteiger partial charge in [-0.15, -0.1) is 10.2 Å². The van der Waals surface area contributed by atoms with Gasteiger partial charge in [-0.25, -0.2) is 0 Å². The fraction of sp³-hybridized carbons (Fsp3) is 0.182. The summed E-state index contributed by atoms with van der Waals surface area (Å²) < 4.78 is 1.65. The molecule has 8 heteroatoms. The largest absolute Gasteiger partial charge is 0.296 e. The van der Waals surface area contributed by atoms with Crippen LogP contribution in [0.1, 0.15) is 17.3 Å². The molecule has 2 rings (SSSR count). The van der Waals surface area contributed by atoms with Crippen molar-refractivity contribution in [3.05, 3.63) is 32.4 Å². The number of thioether (sulfide) groups is 1. The highest BCUT2D eigenvalue weighted by atomic mass is 127. The van der Waals surface area contributed by atoms with E-state index in [1.807, 2.05) is 6.92 Å². The van der Waals surface area contributed by atoms with Gasteiger partial charge in [0.15, 0.2) is 4.34 Å². The number of carbonyl (C=O) groups is 1. The molecule has 4 nitrogen and oxygen atoms in total. The molecular weight excluding hydrogens is 417 g/mol. The summed E-state index contributed by atoms with van der Waals surface area (Å²) in [5, 5.41) is 11.8. The van der Waals surface area contributed by atoms with E-state index in [2.05, 4.69) is 38.1 Å². The fourth-order valence-electron chi connectivity index (χ4n) is 1.28. The minimum absolute atomic E-state index is 0.203. The van der Waals surface area contributed by atoms with Crippen molar-refractivity contribution >= 4 is 68.3 Å². The first-order valence-electron chi connectivity index (χ1n) is 5.33. The maximum absolute atomic E-state index is 12.1. The predicted molar refractivity (Wildman–Crippen MR) is 88.4 cm³/mol. The molecule has 1 N–H and O–H groups in total. The third-order valence-corrected chi connectivity index (χ3v) is 5.05. The molecule has 0 atom stereocenters. The highest BCUT2D eigenvalue weighted by Gasteiger charge is 2.13. The standard InChI is InChI=1S/C11H9ClIN3OS2/c1-2-18-11-16-15-10(19-11)14-9(17)7-4-3-6(12)5-8(7)13/h3-5H,2H2,1H3,(H,14,15,17). The molecule has 100 valence electrons. The summed E-state index contributed by atoms with van der Waals surface area (Å²) in [4.78, 5) is 12.1. The molecule has 19 heavy (non-hydrogen) atoms. The second kappa shape index (κ2) is 6.87. The molecule has 1 aromatic heterocycles. The second-order valence-corrected chi connectivity index (χ2v) is 7.47. The summed E-state index contributed by atoms with van der Waals surface area (Å²) in [5.41, 5.74) is 0.574. The van der Waals surface area contributed by atoms with Crippen LogP contribution in [0.4, 0.5) is 5.13 Å². The van der Waals surface area contributed by atoms with Gasteiger partial charge in [0.25, 0.3) is 5.91 Å². The first kappa shape index (κ1) is 15.0. The molecule has 0 saturated carbocycles. The monoisotopic (exact) mass is 425 g/mol. The Morgan fingerprint density at radius 1 is 1.53 bits per heavy atom. The average Bonchev–Trinajstić information content (AvgIpc) is 2.76. The summed E-state index contributed by atoms with van der Waals surface area (Å²) in [6.45, 7) is 2.04. The van der Waals surface area contributed by atoms with Gasteiger partial charge in [-0.05, 0) is 46.5 Å². The minimum Gasteiger partial charge on any atom is -0.296 e. The highest BCUT2D eigenvalue weighted by molar-refractivity contribution is 14.1. The van der Waals surface area contributed by atoms with Gasteiger partial charge in [0, 0.05) is 8.59 Å². The van der Waals surface area contributed by atoms with Crippen LogP contribution in [0.15, 0.2) is 22.5 Å². The topological polar surface area (TPSA) is 54.9 Å². The predicted octanol–water partition coefficient (Wildman–Crippen LogP) is 4.16. The molecule has 0 unspecified atom stereocenters. The molecule has 1 amide bonds.